The number of likely N-dealkylation sites (tertiary alicyclic amines) is 1. The van der Waals surface area contributed by atoms with Gasteiger partial charge in [0, 0.05) is 44.0 Å². The Labute approximate surface area is 199 Å². The lowest BCUT2D eigenvalue weighted by Gasteiger charge is -2.38. The SMILES string of the molecule is N#Cc1ccc(N2CCC([C@@H]3CN(C4CCCC4)C[C@H]3C(=O)NC3CC3)CC2)cc1C(F)(F)F. The predicted octanol–water partition coefficient (Wildman–Crippen LogP) is 4.56. The molecule has 4 aliphatic rings. The molecule has 0 spiro atoms. The zero-order valence-corrected chi connectivity index (χ0v) is 19.5. The van der Waals surface area contributed by atoms with Crippen LogP contribution in [0.2, 0.25) is 0 Å². The number of hydrogen-bond acceptors (Lipinski definition) is 4. The molecule has 5 nitrogen and oxygen atoms in total. The Morgan fingerprint density at radius 1 is 1.03 bits per heavy atom. The summed E-state index contributed by atoms with van der Waals surface area (Å²) >= 11 is 0. The van der Waals surface area contributed by atoms with Crippen LogP contribution >= 0.6 is 0 Å². The first-order valence-corrected chi connectivity index (χ1v) is 12.7. The van der Waals surface area contributed by atoms with Crippen molar-refractivity contribution in [2.45, 2.75) is 69.6 Å². The topological polar surface area (TPSA) is 59.4 Å². The number of carbonyl (C=O) groups is 1. The molecular weight excluding hydrogens is 441 g/mol. The largest absolute Gasteiger partial charge is 0.417 e. The van der Waals surface area contributed by atoms with Gasteiger partial charge in [-0.2, -0.15) is 18.4 Å². The molecule has 5 rings (SSSR count). The molecule has 0 bridgehead atoms. The van der Waals surface area contributed by atoms with E-state index < -0.39 is 11.7 Å². The Balaban J connectivity index is 1.27. The lowest BCUT2D eigenvalue weighted by Crippen LogP contribution is -2.42. The number of amides is 1. The Bertz CT molecular complexity index is 940. The van der Waals surface area contributed by atoms with E-state index in [2.05, 4.69) is 10.2 Å². The molecule has 1 aromatic carbocycles. The summed E-state index contributed by atoms with van der Waals surface area (Å²) in [4.78, 5) is 17.7. The molecule has 2 saturated carbocycles. The van der Waals surface area contributed by atoms with Crippen LogP contribution in [0.15, 0.2) is 18.2 Å². The van der Waals surface area contributed by atoms with Crippen molar-refractivity contribution >= 4 is 11.6 Å². The van der Waals surface area contributed by atoms with Crippen molar-refractivity contribution in [2.24, 2.45) is 17.8 Å². The lowest BCUT2D eigenvalue weighted by atomic mass is 9.78. The van der Waals surface area contributed by atoms with Crippen molar-refractivity contribution in [2.75, 3.05) is 31.1 Å². The van der Waals surface area contributed by atoms with Crippen LogP contribution in [0.5, 0.6) is 0 Å². The number of carbonyl (C=O) groups excluding carboxylic acids is 1. The van der Waals surface area contributed by atoms with Crippen LogP contribution in [-0.2, 0) is 11.0 Å². The summed E-state index contributed by atoms with van der Waals surface area (Å²) in [5.74, 6) is 0.938. The van der Waals surface area contributed by atoms with Gasteiger partial charge in [0.15, 0.2) is 0 Å². The minimum Gasteiger partial charge on any atom is -0.372 e. The molecule has 2 heterocycles. The summed E-state index contributed by atoms with van der Waals surface area (Å²) in [5.41, 5.74) is -0.685. The van der Waals surface area contributed by atoms with E-state index in [1.54, 1.807) is 12.1 Å². The van der Waals surface area contributed by atoms with Crippen molar-refractivity contribution in [3.63, 3.8) is 0 Å². The minimum atomic E-state index is -4.55. The van der Waals surface area contributed by atoms with Gasteiger partial charge in [-0.1, -0.05) is 12.8 Å². The standard InChI is InChI=1S/C26H33F3N4O/c27-26(28,29)24-13-21(8-5-18(24)14-30)32-11-9-17(10-12-32)22-15-33(20-3-1-2-4-20)16-23(22)25(34)31-19-6-7-19/h5,8,13,17,19-20,22-23H,1-4,6-7,9-12,15-16H2,(H,31,34)/t22-,23+/m0/s1. The van der Waals surface area contributed by atoms with Gasteiger partial charge in [0.25, 0.3) is 0 Å². The average Bonchev–Trinajstić information content (AvgIpc) is 3.29. The zero-order chi connectivity index (χ0) is 23.9. The number of benzene rings is 1. The van der Waals surface area contributed by atoms with Crippen LogP contribution in [0.3, 0.4) is 0 Å². The van der Waals surface area contributed by atoms with E-state index in [1.807, 2.05) is 4.90 Å². The van der Waals surface area contributed by atoms with E-state index in [0.717, 1.165) is 44.8 Å². The number of alkyl halides is 3. The highest BCUT2D eigenvalue weighted by molar-refractivity contribution is 5.80. The van der Waals surface area contributed by atoms with Gasteiger partial charge in [-0.25, -0.2) is 0 Å². The molecule has 1 amide bonds. The molecule has 0 unspecified atom stereocenters. The van der Waals surface area contributed by atoms with E-state index in [1.165, 1.54) is 31.7 Å². The number of piperidine rings is 1. The van der Waals surface area contributed by atoms with Crippen molar-refractivity contribution in [1.82, 2.24) is 10.2 Å². The molecule has 1 N–H and O–H groups in total. The summed E-state index contributed by atoms with van der Waals surface area (Å²) in [7, 11) is 0. The van der Waals surface area contributed by atoms with Gasteiger partial charge in [0.05, 0.1) is 23.1 Å². The Morgan fingerprint density at radius 2 is 1.74 bits per heavy atom. The zero-order valence-electron chi connectivity index (χ0n) is 19.5. The Hall–Kier alpha value is -2.27. The van der Waals surface area contributed by atoms with Crippen LogP contribution in [0.25, 0.3) is 0 Å². The van der Waals surface area contributed by atoms with Gasteiger partial charge < -0.3 is 10.2 Å². The monoisotopic (exact) mass is 474 g/mol. The fourth-order valence-electron chi connectivity index (χ4n) is 6.37. The normalized spacial score (nSPS) is 27.2. The molecule has 34 heavy (non-hydrogen) atoms. The van der Waals surface area contributed by atoms with Gasteiger partial charge in [-0.3, -0.25) is 9.69 Å². The lowest BCUT2D eigenvalue weighted by molar-refractivity contribution is -0.137. The quantitative estimate of drug-likeness (QED) is 0.680. The number of nitriles is 1. The fourth-order valence-corrected chi connectivity index (χ4v) is 6.37. The Kier molecular flexibility index (Phi) is 6.49. The average molecular weight is 475 g/mol. The van der Waals surface area contributed by atoms with Crippen molar-refractivity contribution in [1.29, 1.82) is 5.26 Å². The summed E-state index contributed by atoms with van der Waals surface area (Å²) in [6.07, 6.45) is 4.35. The van der Waals surface area contributed by atoms with Crippen molar-refractivity contribution in [3.8, 4) is 6.07 Å². The second-order valence-electron chi connectivity index (χ2n) is 10.6. The van der Waals surface area contributed by atoms with Gasteiger partial charge in [0.1, 0.15) is 0 Å². The van der Waals surface area contributed by atoms with Crippen LogP contribution in [0.1, 0.15) is 62.5 Å². The predicted molar refractivity (Wildman–Crippen MR) is 123 cm³/mol. The van der Waals surface area contributed by atoms with E-state index in [-0.39, 0.29) is 17.4 Å². The maximum atomic E-state index is 13.4. The Morgan fingerprint density at radius 3 is 2.35 bits per heavy atom. The summed E-state index contributed by atoms with van der Waals surface area (Å²) in [6, 6.07) is 6.62. The molecular formula is C26H33F3N4O. The molecule has 2 saturated heterocycles. The van der Waals surface area contributed by atoms with Crippen LogP contribution in [0.4, 0.5) is 18.9 Å². The van der Waals surface area contributed by atoms with E-state index >= 15 is 0 Å². The maximum Gasteiger partial charge on any atom is 0.417 e. The first kappa shape index (κ1) is 23.5. The van der Waals surface area contributed by atoms with Crippen LogP contribution in [-0.4, -0.2) is 49.1 Å². The summed E-state index contributed by atoms with van der Waals surface area (Å²) in [6.45, 7) is 3.15. The second kappa shape index (κ2) is 9.41. The number of hydrogen-bond donors (Lipinski definition) is 1. The van der Waals surface area contributed by atoms with Crippen molar-refractivity contribution in [3.05, 3.63) is 29.3 Å². The minimum absolute atomic E-state index is 0.0181. The van der Waals surface area contributed by atoms with Gasteiger partial charge in [0.2, 0.25) is 5.91 Å². The second-order valence-corrected chi connectivity index (χ2v) is 10.6. The molecule has 8 heteroatoms. The molecule has 2 aliphatic heterocycles. The third-order valence-corrected chi connectivity index (χ3v) is 8.43. The first-order chi connectivity index (χ1) is 16.3. The third-order valence-electron chi connectivity index (χ3n) is 8.43. The van der Waals surface area contributed by atoms with Crippen LogP contribution < -0.4 is 10.2 Å². The number of nitrogens with one attached hydrogen (secondary N) is 1. The number of rotatable bonds is 5. The molecule has 4 fully saturated rings. The van der Waals surface area contributed by atoms with E-state index in [0.29, 0.717) is 42.7 Å². The highest BCUT2D eigenvalue weighted by Gasteiger charge is 2.45. The van der Waals surface area contributed by atoms with Crippen molar-refractivity contribution < 1.29 is 18.0 Å². The first-order valence-electron chi connectivity index (χ1n) is 12.7. The summed E-state index contributed by atoms with van der Waals surface area (Å²) in [5, 5.41) is 12.3. The number of anilines is 1. The molecule has 1 aromatic rings. The van der Waals surface area contributed by atoms with Gasteiger partial charge >= 0.3 is 6.18 Å². The smallest absolute Gasteiger partial charge is 0.372 e. The van der Waals surface area contributed by atoms with Gasteiger partial charge in [-0.15, -0.1) is 0 Å². The highest BCUT2D eigenvalue weighted by Crippen LogP contribution is 2.41. The van der Waals surface area contributed by atoms with Crippen LogP contribution in [0, 0.1) is 29.1 Å². The number of nitrogens with zero attached hydrogens (tertiary/aromatic N) is 3. The fraction of sp³-hybridized carbons (Fsp3) is 0.692. The molecule has 0 radical (unpaired) electrons. The van der Waals surface area contributed by atoms with Gasteiger partial charge in [-0.05, 0) is 68.6 Å². The number of halogens is 3. The molecule has 2 atom stereocenters. The van der Waals surface area contributed by atoms with E-state index in [4.69, 9.17) is 5.26 Å². The molecule has 2 aliphatic carbocycles. The third kappa shape index (κ3) is 4.91. The maximum absolute atomic E-state index is 13.4. The van der Waals surface area contributed by atoms with E-state index in [9.17, 15) is 18.0 Å². The summed E-state index contributed by atoms with van der Waals surface area (Å²) < 4.78 is 40.2. The molecule has 184 valence electrons. The highest BCUT2D eigenvalue weighted by atomic mass is 19.4. The molecule has 0 aromatic heterocycles.